The fourth-order valence-electron chi connectivity index (χ4n) is 0.428. The summed E-state index contributed by atoms with van der Waals surface area (Å²) >= 11 is 0. The third-order valence-corrected chi connectivity index (χ3v) is 0.756. The molecule has 1 aromatic carbocycles. The molecule has 16 N–H and O–H groups in total. The third-order valence-electron chi connectivity index (χ3n) is 0.756. The highest BCUT2D eigenvalue weighted by Crippen LogP contribution is 2.13. The Morgan fingerprint density at radius 2 is 0.519 bits per heavy atom. The Kier molecular flexibility index (Phi) is 44.3. The van der Waals surface area contributed by atoms with E-state index in [9.17, 15) is 0 Å². The quantitative estimate of drug-likeness (QED) is 0.160. The smallest absolute Gasteiger partial charge is 0.324 e. The van der Waals surface area contributed by atoms with Crippen LogP contribution in [0.4, 0.5) is 0 Å². The van der Waals surface area contributed by atoms with Gasteiger partial charge in [0.1, 0.15) is 5.75 Å². The van der Waals surface area contributed by atoms with Gasteiger partial charge in [0.25, 0.3) is 0 Å². The minimum absolute atomic E-state index is 0.322. The number of benzene rings is 1. The summed E-state index contributed by atoms with van der Waals surface area (Å²) in [6.07, 6.45) is 0. The fourth-order valence-corrected chi connectivity index (χ4v) is 0.428. The first-order chi connectivity index (χ1) is 12.1. The lowest BCUT2D eigenvalue weighted by molar-refractivity contribution is 0.366. The van der Waals surface area contributed by atoms with Crippen LogP contribution < -0.4 is 0 Å². The van der Waals surface area contributed by atoms with Crippen molar-refractivity contribution in [2.24, 2.45) is 0 Å². The van der Waals surface area contributed by atoms with Gasteiger partial charge in [-0.3, -0.25) is 0 Å². The molecule has 0 atom stereocenters. The minimum atomic E-state index is -2.62. The maximum Gasteiger partial charge on any atom is 0.324 e. The lowest BCUT2D eigenvalue weighted by Gasteiger charge is -1.82. The average molecular weight is 504 g/mol. The van der Waals surface area contributed by atoms with Crippen LogP contribution in [-0.2, 0) is 0 Å². The first-order valence-electron chi connectivity index (χ1n) is 5.13. The van der Waals surface area contributed by atoms with E-state index in [2.05, 4.69) is 0 Å². The number of phenolic OH excluding ortho intramolecular Hbond substituents is 1. The van der Waals surface area contributed by atoms with Crippen molar-refractivity contribution in [2.75, 3.05) is 0 Å². The molecule has 1 aromatic rings. The molecule has 0 bridgehead atoms. The van der Waals surface area contributed by atoms with Crippen molar-refractivity contribution >= 4 is 43.0 Å². The van der Waals surface area contributed by atoms with E-state index in [0.717, 1.165) is 0 Å². The highest BCUT2D eigenvalue weighted by atomic mass is 31.2. The Labute approximate surface area is 158 Å². The van der Waals surface area contributed by atoms with Crippen molar-refractivity contribution in [3.05, 3.63) is 30.3 Å². The summed E-state index contributed by atoms with van der Waals surface area (Å²) < 4.78 is 0. The van der Waals surface area contributed by atoms with Gasteiger partial charge in [0.15, 0.2) is 0 Å². The van der Waals surface area contributed by atoms with Gasteiger partial charge in [0, 0.05) is 0 Å². The monoisotopic (exact) mass is 504 g/mol. The van der Waals surface area contributed by atoms with Crippen molar-refractivity contribution in [1.82, 2.24) is 0 Å². The second kappa shape index (κ2) is 31.3. The zero-order chi connectivity index (χ0) is 23.0. The topological polar surface area (TPSA) is 324 Å². The number of para-hydroxylation sites is 1. The van der Waals surface area contributed by atoms with Crippen LogP contribution in [0.3, 0.4) is 0 Å². The number of aromatic hydroxyl groups is 1. The van der Waals surface area contributed by atoms with E-state index in [-0.39, 0.29) is 0 Å². The Bertz CT molecular complexity index is 293. The van der Waals surface area contributed by atoms with Gasteiger partial charge in [-0.25, -0.2) is 0 Å². The molecule has 0 spiro atoms. The number of rotatable bonds is 0. The number of hydrogen-bond acceptors (Lipinski definition) is 16. The molecule has 27 heavy (non-hydrogen) atoms. The average Bonchev–Trinajstić information content (AvgIpc) is 2.35. The van der Waals surface area contributed by atoms with Gasteiger partial charge in [0.05, 0.1) is 0 Å². The molecule has 0 unspecified atom stereocenters. The SMILES string of the molecule is OP(O)O.OP(O)O.OP(O)O.OP(O)O.OP(O)O.Oc1ccccc1. The number of hydrogen-bond donors (Lipinski definition) is 16. The molecule has 21 heteroatoms. The molecule has 0 saturated heterocycles. The summed E-state index contributed by atoms with van der Waals surface area (Å²) in [4.78, 5) is 108. The highest BCUT2D eigenvalue weighted by molar-refractivity contribution is 7.39. The Balaban J connectivity index is -0.0000000735. The van der Waals surface area contributed by atoms with Gasteiger partial charge >= 0.3 is 43.0 Å². The van der Waals surface area contributed by atoms with E-state index in [0.29, 0.717) is 5.75 Å². The van der Waals surface area contributed by atoms with Crippen LogP contribution in [0.2, 0.25) is 0 Å². The van der Waals surface area contributed by atoms with Gasteiger partial charge in [-0.2, -0.15) is 0 Å². The molecule has 166 valence electrons. The molecule has 0 saturated carbocycles. The predicted molar refractivity (Wildman–Crippen MR) is 96.0 cm³/mol. The summed E-state index contributed by atoms with van der Waals surface area (Å²) in [7, 11) is -13.1. The molecule has 1 rings (SSSR count). The van der Waals surface area contributed by atoms with E-state index >= 15 is 0 Å². The van der Waals surface area contributed by atoms with Crippen molar-refractivity contribution in [3.63, 3.8) is 0 Å². The van der Waals surface area contributed by atoms with Gasteiger partial charge < -0.3 is 78.5 Å². The van der Waals surface area contributed by atoms with Crippen LogP contribution in [0.1, 0.15) is 0 Å². The summed E-state index contributed by atoms with van der Waals surface area (Å²) in [6.45, 7) is 0. The van der Waals surface area contributed by atoms with E-state index in [4.69, 9.17) is 78.5 Å². The lowest BCUT2D eigenvalue weighted by atomic mass is 10.3. The second-order valence-electron chi connectivity index (χ2n) is 2.68. The van der Waals surface area contributed by atoms with Crippen molar-refractivity contribution in [1.29, 1.82) is 0 Å². The fraction of sp³-hybridized carbons (Fsp3) is 0. The number of phenols is 1. The molecule has 0 aliphatic heterocycles. The van der Waals surface area contributed by atoms with Crippen molar-refractivity contribution in [2.45, 2.75) is 0 Å². The molecular weight excluding hydrogens is 483 g/mol. The van der Waals surface area contributed by atoms with Crippen LogP contribution in [0.15, 0.2) is 30.3 Å². The first-order valence-corrected chi connectivity index (χ1v) is 11.1. The molecule has 0 aliphatic carbocycles. The molecule has 0 fully saturated rings. The van der Waals surface area contributed by atoms with Gasteiger partial charge in [-0.15, -0.1) is 0 Å². The molecule has 0 aromatic heterocycles. The summed E-state index contributed by atoms with van der Waals surface area (Å²) in [5.74, 6) is 0.322. The molecule has 0 heterocycles. The standard InChI is InChI=1S/C6H6O.5H3O3P/c7-6-4-2-1-3-5-6;5*1-4(2)3/h1-5,7H;5*1-3H. The third kappa shape index (κ3) is 218. The van der Waals surface area contributed by atoms with Crippen molar-refractivity contribution < 1.29 is 78.5 Å². The molecule has 16 nitrogen and oxygen atoms in total. The van der Waals surface area contributed by atoms with E-state index in [1.807, 2.05) is 6.07 Å². The van der Waals surface area contributed by atoms with Crippen LogP contribution in [-0.4, -0.2) is 78.5 Å². The van der Waals surface area contributed by atoms with Gasteiger partial charge in [-0.05, 0) is 12.1 Å². The van der Waals surface area contributed by atoms with Crippen LogP contribution in [0, 0.1) is 0 Å². The van der Waals surface area contributed by atoms with E-state index in [1.54, 1.807) is 24.3 Å². The Hall–Kier alpha value is 0.570. The Morgan fingerprint density at radius 3 is 0.593 bits per heavy atom. The Morgan fingerprint density at radius 1 is 0.370 bits per heavy atom. The summed E-state index contributed by atoms with van der Waals surface area (Å²) in [5, 5.41) is 8.63. The lowest BCUT2D eigenvalue weighted by Crippen LogP contribution is -1.56. The zero-order valence-electron chi connectivity index (χ0n) is 12.8. The molecule has 0 aliphatic rings. The molecule has 0 radical (unpaired) electrons. The summed E-state index contributed by atoms with van der Waals surface area (Å²) in [5.41, 5.74) is 0. The maximum absolute atomic E-state index is 8.63. The predicted octanol–water partition coefficient (Wildman–Crippen LogP) is -2.66. The van der Waals surface area contributed by atoms with Crippen LogP contribution >= 0.6 is 43.0 Å². The minimum Gasteiger partial charge on any atom is -0.508 e. The molecular formula is C6H21O16P5. The van der Waals surface area contributed by atoms with Crippen molar-refractivity contribution in [3.8, 4) is 5.75 Å². The first kappa shape index (κ1) is 38.2. The normalized spacial score (nSPS) is 8.89. The van der Waals surface area contributed by atoms with Gasteiger partial charge in [-0.1, -0.05) is 18.2 Å². The van der Waals surface area contributed by atoms with E-state index < -0.39 is 43.0 Å². The van der Waals surface area contributed by atoms with Crippen LogP contribution in [0.5, 0.6) is 5.75 Å². The zero-order valence-corrected chi connectivity index (χ0v) is 17.3. The van der Waals surface area contributed by atoms with Crippen LogP contribution in [0.25, 0.3) is 0 Å². The second-order valence-corrected chi connectivity index (χ2v) is 5.36. The van der Waals surface area contributed by atoms with Gasteiger partial charge in [0.2, 0.25) is 0 Å². The van der Waals surface area contributed by atoms with E-state index in [1.165, 1.54) is 0 Å². The summed E-state index contributed by atoms with van der Waals surface area (Å²) in [6, 6.07) is 8.71. The highest BCUT2D eigenvalue weighted by Gasteiger charge is 1.78. The largest absolute Gasteiger partial charge is 0.508 e. The maximum atomic E-state index is 8.63. The molecule has 0 amide bonds.